The first kappa shape index (κ1) is 32.6. The highest BCUT2D eigenvalue weighted by Crippen LogP contribution is 2.32. The van der Waals surface area contributed by atoms with Crippen molar-refractivity contribution >= 4 is 57.7 Å². The van der Waals surface area contributed by atoms with Crippen molar-refractivity contribution in [2.75, 3.05) is 37.4 Å². The van der Waals surface area contributed by atoms with E-state index in [1.54, 1.807) is 19.1 Å². The summed E-state index contributed by atoms with van der Waals surface area (Å²) < 4.78 is 7.56. The number of nitrogens with one attached hydrogen (secondary N) is 3. The summed E-state index contributed by atoms with van der Waals surface area (Å²) in [6.07, 6.45) is 0.0642. The van der Waals surface area contributed by atoms with Crippen LogP contribution in [0.5, 0.6) is 0 Å². The minimum absolute atomic E-state index is 0.0110. The van der Waals surface area contributed by atoms with Gasteiger partial charge < -0.3 is 26.8 Å². The topological polar surface area (TPSA) is 247 Å². The average Bonchev–Trinajstić information content (AvgIpc) is 3.28. The molecule has 1 atom stereocenters. The number of nitrogens with zero attached hydrogens (tertiary/aromatic N) is 3. The summed E-state index contributed by atoms with van der Waals surface area (Å²) in [5.41, 5.74) is 10.5. The van der Waals surface area contributed by atoms with Gasteiger partial charge in [-0.2, -0.15) is 0 Å². The van der Waals surface area contributed by atoms with Crippen molar-refractivity contribution in [1.29, 1.82) is 0 Å². The minimum atomic E-state index is -1.08. The van der Waals surface area contributed by atoms with Crippen LogP contribution < -0.4 is 38.7 Å². The zero-order valence-corrected chi connectivity index (χ0v) is 25.3. The van der Waals surface area contributed by atoms with Crippen LogP contribution >= 0.6 is 0 Å². The highest BCUT2D eigenvalue weighted by molar-refractivity contribution is 6.25. The third kappa shape index (κ3) is 6.19. The van der Waals surface area contributed by atoms with E-state index in [0.717, 1.165) is 9.47 Å². The van der Waals surface area contributed by atoms with E-state index < -0.39 is 59.3 Å². The number of fused-ring (bicyclic) bond motifs is 2. The molecule has 0 saturated carbocycles. The van der Waals surface area contributed by atoms with Crippen molar-refractivity contribution in [3.63, 3.8) is 0 Å². The smallest absolute Gasteiger partial charge is 0.331 e. The molecule has 0 spiro atoms. The van der Waals surface area contributed by atoms with Gasteiger partial charge in [0.2, 0.25) is 17.7 Å². The molecule has 2 aromatic carbocycles. The van der Waals surface area contributed by atoms with E-state index in [1.165, 1.54) is 22.8 Å². The van der Waals surface area contributed by atoms with Gasteiger partial charge >= 0.3 is 5.69 Å². The summed E-state index contributed by atoms with van der Waals surface area (Å²) in [5.74, 6) is -3.88. The zero-order chi connectivity index (χ0) is 34.0. The van der Waals surface area contributed by atoms with Gasteiger partial charge in [-0.25, -0.2) is 4.79 Å². The predicted molar refractivity (Wildman–Crippen MR) is 167 cm³/mol. The lowest BCUT2D eigenvalue weighted by Crippen LogP contribution is -2.54. The summed E-state index contributed by atoms with van der Waals surface area (Å²) in [6, 6.07) is 6.17. The minimum Gasteiger partial charge on any atom is -0.398 e. The second kappa shape index (κ2) is 13.3. The Morgan fingerprint density at radius 3 is 2.47 bits per heavy atom. The van der Waals surface area contributed by atoms with Crippen molar-refractivity contribution in [2.45, 2.75) is 38.9 Å². The molecule has 1 aromatic heterocycles. The second-order valence-corrected chi connectivity index (χ2v) is 10.8. The Bertz CT molecular complexity index is 1970. The SMILES string of the molecule is CCn1c(=O)n(CC(=O)NCCOCCNc2cccc3c2C(=O)N(C2CCC(=O)NC2=O)C3=O)c(=O)c2cc(C(N)=O)c(N)cc21. The highest BCUT2D eigenvalue weighted by Gasteiger charge is 2.45. The number of hydrogen-bond acceptors (Lipinski definition) is 11. The van der Waals surface area contributed by atoms with Crippen molar-refractivity contribution in [3.05, 3.63) is 67.9 Å². The number of rotatable bonds is 12. The number of aryl methyl sites for hydroxylation is 1. The number of aromatic nitrogens is 2. The van der Waals surface area contributed by atoms with Gasteiger partial charge in [0.1, 0.15) is 12.6 Å². The molecule has 6 amide bonds. The van der Waals surface area contributed by atoms with Gasteiger partial charge in [-0.3, -0.25) is 52.9 Å². The van der Waals surface area contributed by atoms with Crippen LogP contribution in [0.15, 0.2) is 39.9 Å². The molecule has 2 aliphatic heterocycles. The molecule has 0 bridgehead atoms. The summed E-state index contributed by atoms with van der Waals surface area (Å²) in [7, 11) is 0. The van der Waals surface area contributed by atoms with Gasteiger partial charge in [-0.15, -0.1) is 0 Å². The Morgan fingerprint density at radius 2 is 1.77 bits per heavy atom. The van der Waals surface area contributed by atoms with Crippen molar-refractivity contribution < 1.29 is 33.5 Å². The molecule has 1 fully saturated rings. The van der Waals surface area contributed by atoms with Crippen molar-refractivity contribution in [2.24, 2.45) is 5.73 Å². The predicted octanol–water partition coefficient (Wildman–Crippen LogP) is -1.49. The van der Waals surface area contributed by atoms with Gasteiger partial charge in [-0.05, 0) is 37.6 Å². The first-order valence-electron chi connectivity index (χ1n) is 14.7. The molecule has 246 valence electrons. The van der Waals surface area contributed by atoms with E-state index in [0.29, 0.717) is 5.69 Å². The number of benzene rings is 2. The molecule has 5 rings (SSSR count). The molecule has 3 heterocycles. The molecule has 7 N–H and O–H groups in total. The van der Waals surface area contributed by atoms with Gasteiger partial charge in [-0.1, -0.05) is 6.07 Å². The number of amides is 6. The van der Waals surface area contributed by atoms with Gasteiger partial charge in [0.25, 0.3) is 23.3 Å². The van der Waals surface area contributed by atoms with Crippen molar-refractivity contribution in [1.82, 2.24) is 24.7 Å². The van der Waals surface area contributed by atoms with Crippen LogP contribution in [-0.4, -0.2) is 81.8 Å². The second-order valence-electron chi connectivity index (χ2n) is 10.8. The fourth-order valence-electron chi connectivity index (χ4n) is 5.62. The Balaban J connectivity index is 1.13. The molecule has 0 radical (unpaired) electrons. The zero-order valence-electron chi connectivity index (χ0n) is 25.3. The molecule has 17 heteroatoms. The Labute approximate surface area is 265 Å². The quantitative estimate of drug-likeness (QED) is 0.0860. The van der Waals surface area contributed by atoms with Crippen LogP contribution in [0, 0.1) is 0 Å². The summed E-state index contributed by atoms with van der Waals surface area (Å²) in [4.78, 5) is 101. The molecular formula is C30H32N8O9. The van der Waals surface area contributed by atoms with E-state index in [9.17, 15) is 38.4 Å². The van der Waals surface area contributed by atoms with Crippen LogP contribution in [0.4, 0.5) is 11.4 Å². The number of nitrogens with two attached hydrogens (primary N) is 2. The number of anilines is 2. The number of nitrogen functional groups attached to an aromatic ring is 1. The van der Waals surface area contributed by atoms with Crippen molar-refractivity contribution in [3.8, 4) is 0 Å². The largest absolute Gasteiger partial charge is 0.398 e. The molecule has 1 saturated heterocycles. The number of piperidine rings is 1. The maximum Gasteiger partial charge on any atom is 0.331 e. The van der Waals surface area contributed by atoms with E-state index in [-0.39, 0.29) is 79.0 Å². The Kier molecular flexibility index (Phi) is 9.18. The number of ether oxygens (including phenoxy) is 1. The monoisotopic (exact) mass is 648 g/mol. The first-order chi connectivity index (χ1) is 22.4. The fourth-order valence-corrected chi connectivity index (χ4v) is 5.62. The number of carbonyl (C=O) groups is 6. The number of imide groups is 2. The van der Waals surface area contributed by atoms with Crippen LogP contribution in [0.1, 0.15) is 50.8 Å². The highest BCUT2D eigenvalue weighted by atomic mass is 16.5. The van der Waals surface area contributed by atoms with Crippen LogP contribution in [0.2, 0.25) is 0 Å². The molecule has 1 unspecified atom stereocenters. The molecule has 0 aliphatic carbocycles. The average molecular weight is 649 g/mol. The Hall–Kier alpha value is -5.84. The molecular weight excluding hydrogens is 616 g/mol. The van der Waals surface area contributed by atoms with E-state index in [4.69, 9.17) is 16.2 Å². The molecule has 3 aromatic rings. The third-order valence-corrected chi connectivity index (χ3v) is 7.88. The normalized spacial score (nSPS) is 15.9. The summed E-state index contributed by atoms with van der Waals surface area (Å²) >= 11 is 0. The number of carbonyl (C=O) groups excluding carboxylic acids is 6. The molecule has 47 heavy (non-hydrogen) atoms. The lowest BCUT2D eigenvalue weighted by molar-refractivity contribution is -0.136. The molecule has 17 nitrogen and oxygen atoms in total. The molecule has 2 aliphatic rings. The lowest BCUT2D eigenvalue weighted by Gasteiger charge is -2.27. The van der Waals surface area contributed by atoms with E-state index >= 15 is 0 Å². The lowest BCUT2D eigenvalue weighted by atomic mass is 10.0. The van der Waals surface area contributed by atoms with Gasteiger partial charge in [0.15, 0.2) is 0 Å². The standard InChI is InChI=1S/C30H32N8O9/c1-2-36-21-13-18(31)16(25(32)41)12-17(21)27(43)37(30(36)46)14-23(40)34-9-11-47-10-8-33-19-5-3-4-15-24(19)29(45)38(28(15)44)20-6-7-22(39)35-26(20)42/h3-5,12-13,20,33H,2,6-11,14,31H2,1H3,(H2,32,41)(H,34,40)(H,35,39,42). The Morgan fingerprint density at radius 1 is 1.02 bits per heavy atom. The maximum absolute atomic E-state index is 13.2. The van der Waals surface area contributed by atoms with Gasteiger partial charge in [0.05, 0.1) is 40.8 Å². The fraction of sp³-hybridized carbons (Fsp3) is 0.333. The number of primary amides is 1. The van der Waals surface area contributed by atoms with Crippen LogP contribution in [0.3, 0.4) is 0 Å². The van der Waals surface area contributed by atoms with E-state index in [2.05, 4.69) is 16.0 Å². The summed E-state index contributed by atoms with van der Waals surface area (Å²) in [5, 5.41) is 7.79. The third-order valence-electron chi connectivity index (χ3n) is 7.88. The first-order valence-corrected chi connectivity index (χ1v) is 14.7. The summed E-state index contributed by atoms with van der Waals surface area (Å²) in [6.45, 7) is 1.78. The van der Waals surface area contributed by atoms with Crippen LogP contribution in [-0.2, 0) is 32.2 Å². The van der Waals surface area contributed by atoms with Crippen LogP contribution in [0.25, 0.3) is 10.9 Å². The number of hydrogen-bond donors (Lipinski definition) is 5. The van der Waals surface area contributed by atoms with Gasteiger partial charge in [0, 0.05) is 37.4 Å². The maximum atomic E-state index is 13.2. The van der Waals surface area contributed by atoms with E-state index in [1.807, 2.05) is 0 Å².